The minimum absolute atomic E-state index is 0.205. The second kappa shape index (κ2) is 6.72. The second-order valence-corrected chi connectivity index (χ2v) is 5.32. The molecule has 4 N–H and O–H groups in total. The number of carbonyl (C=O) groups excluding carboxylic acids is 1. The summed E-state index contributed by atoms with van der Waals surface area (Å²) in [4.78, 5) is 11.7. The first-order chi connectivity index (χ1) is 10.4. The lowest BCUT2D eigenvalue weighted by atomic mass is 9.99. The van der Waals surface area contributed by atoms with Gasteiger partial charge in [0.05, 0.1) is 12.2 Å². The molecule has 1 heterocycles. The Kier molecular flexibility index (Phi) is 5.15. The first-order valence-electron chi connectivity index (χ1n) is 6.94. The molecule has 1 aliphatic heterocycles. The smallest absolute Gasteiger partial charge is 0.229 e. The van der Waals surface area contributed by atoms with Crippen molar-refractivity contribution in [1.29, 1.82) is 0 Å². The van der Waals surface area contributed by atoms with Crippen molar-refractivity contribution >= 4 is 5.78 Å². The molecule has 7 heteroatoms. The lowest BCUT2D eigenvalue weighted by Crippen LogP contribution is -2.60. The maximum Gasteiger partial charge on any atom is 0.229 e. The molecule has 1 aliphatic rings. The largest absolute Gasteiger partial charge is 0.461 e. The predicted molar refractivity (Wildman–Crippen MR) is 75.6 cm³/mol. The van der Waals surface area contributed by atoms with Crippen molar-refractivity contribution in [3.05, 3.63) is 29.3 Å². The van der Waals surface area contributed by atoms with E-state index in [0.29, 0.717) is 11.1 Å². The molecule has 2 rings (SSSR count). The van der Waals surface area contributed by atoms with Crippen LogP contribution in [-0.2, 0) is 4.74 Å². The van der Waals surface area contributed by atoms with Gasteiger partial charge in [0.25, 0.3) is 0 Å². The van der Waals surface area contributed by atoms with Gasteiger partial charge in [-0.05, 0) is 25.5 Å². The van der Waals surface area contributed by atoms with Gasteiger partial charge in [0.2, 0.25) is 6.29 Å². The summed E-state index contributed by atoms with van der Waals surface area (Å²) in [6.07, 6.45) is -6.87. The zero-order chi connectivity index (χ0) is 16.4. The van der Waals surface area contributed by atoms with Gasteiger partial charge in [0.15, 0.2) is 5.78 Å². The Morgan fingerprint density at radius 2 is 1.91 bits per heavy atom. The Hall–Kier alpha value is -1.51. The fourth-order valence-electron chi connectivity index (χ4n) is 2.48. The van der Waals surface area contributed by atoms with Crippen molar-refractivity contribution in [1.82, 2.24) is 0 Å². The quantitative estimate of drug-likeness (QED) is 0.547. The van der Waals surface area contributed by atoms with Crippen molar-refractivity contribution in [3.63, 3.8) is 0 Å². The molecular formula is C15H20O7. The van der Waals surface area contributed by atoms with E-state index in [-0.39, 0.29) is 11.5 Å². The third-order valence-electron chi connectivity index (χ3n) is 3.68. The van der Waals surface area contributed by atoms with E-state index in [9.17, 15) is 20.1 Å². The van der Waals surface area contributed by atoms with E-state index in [1.807, 2.05) is 0 Å². The highest BCUT2D eigenvalue weighted by Crippen LogP contribution is 2.28. The van der Waals surface area contributed by atoms with Gasteiger partial charge in [0, 0.05) is 0 Å². The molecule has 1 aromatic carbocycles. The lowest BCUT2D eigenvalue weighted by Gasteiger charge is -2.39. The topological polar surface area (TPSA) is 116 Å². The van der Waals surface area contributed by atoms with Crippen molar-refractivity contribution in [3.8, 4) is 5.75 Å². The number of aliphatic hydroxyl groups excluding tert-OH is 4. The van der Waals surface area contributed by atoms with Crippen LogP contribution in [0.15, 0.2) is 18.2 Å². The third-order valence-corrected chi connectivity index (χ3v) is 3.68. The molecule has 0 aliphatic carbocycles. The number of aryl methyl sites for hydroxylation is 1. The van der Waals surface area contributed by atoms with Gasteiger partial charge in [-0.1, -0.05) is 12.1 Å². The standard InChI is InChI=1S/C15H20O7/c1-7-4-3-5-9(11(7)8(2)17)21-15-14(20)13(19)12(18)10(6-16)22-15/h3-5,10,12-16,18-20H,6H2,1-2H3/t10-,12-,13+,14-,15+/m1/s1. The summed E-state index contributed by atoms with van der Waals surface area (Å²) in [6, 6.07) is 4.98. The molecule has 0 amide bonds. The zero-order valence-electron chi connectivity index (χ0n) is 12.3. The van der Waals surface area contributed by atoms with E-state index >= 15 is 0 Å². The van der Waals surface area contributed by atoms with Gasteiger partial charge in [-0.25, -0.2) is 0 Å². The molecular weight excluding hydrogens is 292 g/mol. The molecule has 22 heavy (non-hydrogen) atoms. The Labute approximate surface area is 127 Å². The molecule has 122 valence electrons. The fraction of sp³-hybridized carbons (Fsp3) is 0.533. The molecule has 0 spiro atoms. The van der Waals surface area contributed by atoms with E-state index < -0.39 is 37.3 Å². The van der Waals surface area contributed by atoms with Crippen LogP contribution >= 0.6 is 0 Å². The van der Waals surface area contributed by atoms with Gasteiger partial charge in [-0.15, -0.1) is 0 Å². The van der Waals surface area contributed by atoms with Crippen molar-refractivity contribution in [2.24, 2.45) is 0 Å². The predicted octanol–water partition coefficient (Wildman–Crippen LogP) is -0.624. The third kappa shape index (κ3) is 3.13. The molecule has 1 fully saturated rings. The summed E-state index contributed by atoms with van der Waals surface area (Å²) in [5, 5.41) is 38.6. The average Bonchev–Trinajstić information content (AvgIpc) is 2.47. The number of ketones is 1. The first-order valence-corrected chi connectivity index (χ1v) is 6.94. The van der Waals surface area contributed by atoms with E-state index in [4.69, 9.17) is 14.6 Å². The number of rotatable bonds is 4. The summed E-state index contributed by atoms with van der Waals surface area (Å²) in [5.74, 6) is -0.00507. The van der Waals surface area contributed by atoms with Crippen LogP contribution in [0.5, 0.6) is 5.75 Å². The molecule has 1 aromatic rings. The first kappa shape index (κ1) is 16.9. The summed E-state index contributed by atoms with van der Waals surface area (Å²) < 4.78 is 10.8. The fourth-order valence-corrected chi connectivity index (χ4v) is 2.48. The molecule has 0 unspecified atom stereocenters. The molecule has 0 aromatic heterocycles. The summed E-state index contributed by atoms with van der Waals surface area (Å²) >= 11 is 0. The van der Waals surface area contributed by atoms with E-state index in [2.05, 4.69) is 0 Å². The zero-order valence-corrected chi connectivity index (χ0v) is 12.3. The van der Waals surface area contributed by atoms with Crippen molar-refractivity contribution < 1.29 is 34.7 Å². The van der Waals surface area contributed by atoms with E-state index in [1.165, 1.54) is 6.92 Å². The van der Waals surface area contributed by atoms with Crippen LogP contribution in [-0.4, -0.2) is 63.5 Å². The maximum atomic E-state index is 11.7. The van der Waals surface area contributed by atoms with Crippen LogP contribution in [0, 0.1) is 6.92 Å². The van der Waals surface area contributed by atoms with Gasteiger partial charge < -0.3 is 29.9 Å². The maximum absolute atomic E-state index is 11.7. The summed E-state index contributed by atoms with van der Waals surface area (Å²) in [5.41, 5.74) is 1.05. The Morgan fingerprint density at radius 3 is 2.50 bits per heavy atom. The number of hydrogen-bond acceptors (Lipinski definition) is 7. The average molecular weight is 312 g/mol. The van der Waals surface area contributed by atoms with Crippen LogP contribution in [0.1, 0.15) is 22.8 Å². The van der Waals surface area contributed by atoms with Crippen LogP contribution < -0.4 is 4.74 Å². The molecule has 0 saturated carbocycles. The van der Waals surface area contributed by atoms with E-state index in [1.54, 1.807) is 25.1 Å². The number of benzene rings is 1. The van der Waals surface area contributed by atoms with Crippen molar-refractivity contribution in [2.45, 2.75) is 44.6 Å². The highest BCUT2D eigenvalue weighted by molar-refractivity contribution is 5.98. The molecule has 5 atom stereocenters. The molecule has 1 saturated heterocycles. The number of aliphatic hydroxyl groups is 4. The van der Waals surface area contributed by atoms with Gasteiger partial charge in [-0.2, -0.15) is 0 Å². The SMILES string of the molecule is CC(=O)c1c(C)cccc1O[C@H]1O[C@H](CO)[C@@H](O)[C@H](O)[C@H]1O. The van der Waals surface area contributed by atoms with Gasteiger partial charge in [0.1, 0.15) is 30.2 Å². The number of carbonyl (C=O) groups is 1. The normalized spacial score (nSPS) is 31.8. The number of hydrogen-bond donors (Lipinski definition) is 4. The highest BCUT2D eigenvalue weighted by Gasteiger charge is 2.44. The minimum atomic E-state index is -1.53. The molecule has 7 nitrogen and oxygen atoms in total. The number of Topliss-reactive ketones (excluding diaryl/α,β-unsaturated/α-hetero) is 1. The summed E-state index contributed by atoms with van der Waals surface area (Å²) in [7, 11) is 0. The lowest BCUT2D eigenvalue weighted by molar-refractivity contribution is -0.277. The van der Waals surface area contributed by atoms with Crippen LogP contribution in [0.4, 0.5) is 0 Å². The van der Waals surface area contributed by atoms with Gasteiger partial charge >= 0.3 is 0 Å². The van der Waals surface area contributed by atoms with E-state index in [0.717, 1.165) is 0 Å². The van der Waals surface area contributed by atoms with Crippen LogP contribution in [0.3, 0.4) is 0 Å². The summed E-state index contributed by atoms with van der Waals surface area (Å²) in [6.45, 7) is 2.59. The highest BCUT2D eigenvalue weighted by atomic mass is 16.7. The second-order valence-electron chi connectivity index (χ2n) is 5.32. The minimum Gasteiger partial charge on any atom is -0.461 e. The number of ether oxygens (including phenoxy) is 2. The van der Waals surface area contributed by atoms with Crippen molar-refractivity contribution in [2.75, 3.05) is 6.61 Å². The Morgan fingerprint density at radius 1 is 1.23 bits per heavy atom. The Balaban J connectivity index is 2.27. The Bertz CT molecular complexity index is 543. The molecule has 0 radical (unpaired) electrons. The monoisotopic (exact) mass is 312 g/mol. The molecule has 0 bridgehead atoms. The van der Waals surface area contributed by atoms with Crippen LogP contribution in [0.25, 0.3) is 0 Å². The van der Waals surface area contributed by atoms with Crippen LogP contribution in [0.2, 0.25) is 0 Å². The van der Waals surface area contributed by atoms with Gasteiger partial charge in [-0.3, -0.25) is 4.79 Å².